The summed E-state index contributed by atoms with van der Waals surface area (Å²) in [6.07, 6.45) is -0.803. The van der Waals surface area contributed by atoms with Crippen molar-refractivity contribution in [2.24, 2.45) is 11.0 Å². The van der Waals surface area contributed by atoms with Crippen LogP contribution in [-0.4, -0.2) is 71.5 Å². The van der Waals surface area contributed by atoms with Gasteiger partial charge in [-0.15, -0.1) is 5.10 Å². The van der Waals surface area contributed by atoms with Crippen LogP contribution in [0, 0.1) is 17.6 Å². The molecule has 3 unspecified atom stereocenters. The Morgan fingerprint density at radius 1 is 0.927 bits per heavy atom. The minimum atomic E-state index is -4.74. The fourth-order valence-electron chi connectivity index (χ4n) is 7.09. The van der Waals surface area contributed by atoms with E-state index >= 15 is 4.39 Å². The predicted molar refractivity (Wildman–Crippen MR) is 203 cm³/mol. The standard InChI is InChI=1S/C38H41F5N8O2.C2H6/c1-4-26(2)51-27(3)50(25-45-51)32-8-6-30(7-9-32)47-15-17-48(18-16-47)31-10-12-33(13-11-31)52-21-28-20-37(53-22-28,34-14-5-29(39)19-35(34)40)23-49-24-44-36(46-49)38(41,42)43;1-2/h5-14,19,24-26,28H,3-4,15-18,20-23H2,1-2H3;1-2H3. The van der Waals surface area contributed by atoms with Gasteiger partial charge in [-0.05, 0) is 74.4 Å². The average molecular weight is 767 g/mol. The maximum Gasteiger partial charge on any atom is 0.453 e. The van der Waals surface area contributed by atoms with E-state index in [0.29, 0.717) is 5.75 Å². The number of hydrogen-bond acceptors (Lipinski definition) is 9. The van der Waals surface area contributed by atoms with E-state index in [4.69, 9.17) is 9.47 Å². The Morgan fingerprint density at radius 2 is 1.55 bits per heavy atom. The largest absolute Gasteiger partial charge is 0.493 e. The van der Waals surface area contributed by atoms with Crippen molar-refractivity contribution in [1.82, 2.24) is 19.8 Å². The average Bonchev–Trinajstić information content (AvgIpc) is 3.94. The highest BCUT2D eigenvalue weighted by Gasteiger charge is 2.45. The lowest BCUT2D eigenvalue weighted by Gasteiger charge is -2.37. The van der Waals surface area contributed by atoms with Crippen LogP contribution in [0.25, 0.3) is 0 Å². The van der Waals surface area contributed by atoms with E-state index in [-0.39, 0.29) is 43.7 Å². The maximum atomic E-state index is 15.0. The van der Waals surface area contributed by atoms with Gasteiger partial charge in [-0.25, -0.2) is 23.5 Å². The molecule has 3 aliphatic heterocycles. The number of piperazine rings is 1. The zero-order valence-corrected chi connectivity index (χ0v) is 31.5. The molecule has 2 fully saturated rings. The molecule has 10 nitrogen and oxygen atoms in total. The van der Waals surface area contributed by atoms with Gasteiger partial charge in [0.15, 0.2) is 0 Å². The fraction of sp³-hybridized carbons (Fsp3) is 0.425. The summed E-state index contributed by atoms with van der Waals surface area (Å²) in [5, 5.41) is 10.0. The molecule has 3 aromatic carbocycles. The van der Waals surface area contributed by atoms with E-state index < -0.39 is 29.2 Å². The molecule has 3 aliphatic rings. The number of nitrogens with zero attached hydrogens (tertiary/aromatic N) is 8. The van der Waals surface area contributed by atoms with E-state index in [1.54, 1.807) is 0 Å². The number of hydrogen-bond donors (Lipinski definition) is 0. The van der Waals surface area contributed by atoms with Gasteiger partial charge in [-0.1, -0.05) is 33.4 Å². The summed E-state index contributed by atoms with van der Waals surface area (Å²) in [6.45, 7) is 16.0. The second-order valence-corrected chi connectivity index (χ2v) is 13.7. The highest BCUT2D eigenvalue weighted by atomic mass is 19.4. The first-order valence-corrected chi connectivity index (χ1v) is 18.6. The number of halogens is 5. The zero-order valence-electron chi connectivity index (χ0n) is 31.5. The van der Waals surface area contributed by atoms with Gasteiger partial charge in [0.2, 0.25) is 0 Å². The van der Waals surface area contributed by atoms with Gasteiger partial charge in [0.25, 0.3) is 5.82 Å². The van der Waals surface area contributed by atoms with Crippen LogP contribution < -0.4 is 19.4 Å². The second kappa shape index (κ2) is 16.7. The van der Waals surface area contributed by atoms with Crippen molar-refractivity contribution in [1.29, 1.82) is 0 Å². The molecule has 0 amide bonds. The highest BCUT2D eigenvalue weighted by molar-refractivity contribution is 5.85. The van der Waals surface area contributed by atoms with Crippen LogP contribution in [-0.2, 0) is 23.1 Å². The first-order valence-electron chi connectivity index (χ1n) is 18.6. The summed E-state index contributed by atoms with van der Waals surface area (Å²) in [7, 11) is 0. The van der Waals surface area contributed by atoms with Gasteiger partial charge < -0.3 is 19.3 Å². The first kappa shape index (κ1) is 39.5. The monoisotopic (exact) mass is 766 g/mol. The number of benzene rings is 3. The maximum absolute atomic E-state index is 15.0. The Labute approximate surface area is 318 Å². The van der Waals surface area contributed by atoms with E-state index in [9.17, 15) is 17.6 Å². The van der Waals surface area contributed by atoms with Crippen molar-refractivity contribution in [3.8, 4) is 5.75 Å². The Balaban J connectivity index is 0.00000253. The van der Waals surface area contributed by atoms with Gasteiger partial charge in [0, 0.05) is 60.8 Å². The van der Waals surface area contributed by atoms with Crippen LogP contribution in [0.4, 0.5) is 39.0 Å². The number of ether oxygens (including phenoxy) is 2. The van der Waals surface area contributed by atoms with Crippen molar-refractivity contribution in [3.05, 3.63) is 108 Å². The molecule has 1 aromatic heterocycles. The summed E-state index contributed by atoms with van der Waals surface area (Å²) < 4.78 is 81.5. The lowest BCUT2D eigenvalue weighted by Crippen LogP contribution is -2.46. The summed E-state index contributed by atoms with van der Waals surface area (Å²) in [5.41, 5.74) is 1.89. The molecule has 4 aromatic rings. The number of aromatic nitrogens is 3. The van der Waals surface area contributed by atoms with Crippen molar-refractivity contribution in [2.75, 3.05) is 54.1 Å². The van der Waals surface area contributed by atoms with Gasteiger partial charge in [-0.2, -0.15) is 18.3 Å². The molecule has 4 heterocycles. The Hall–Kier alpha value is -5.18. The molecule has 3 atom stereocenters. The normalized spacial score (nSPS) is 20.5. The zero-order chi connectivity index (χ0) is 39.3. The van der Waals surface area contributed by atoms with Gasteiger partial charge >= 0.3 is 6.18 Å². The molecule has 55 heavy (non-hydrogen) atoms. The number of alkyl halides is 3. The highest BCUT2D eigenvalue weighted by Crippen LogP contribution is 2.42. The molecular weight excluding hydrogens is 719 g/mol. The minimum Gasteiger partial charge on any atom is -0.493 e. The van der Waals surface area contributed by atoms with Gasteiger partial charge in [-0.3, -0.25) is 4.90 Å². The number of anilines is 3. The van der Waals surface area contributed by atoms with Crippen LogP contribution in [0.3, 0.4) is 0 Å². The Bertz CT molecular complexity index is 1930. The summed E-state index contributed by atoms with van der Waals surface area (Å²) in [5.74, 6) is -1.68. The number of rotatable bonds is 11. The van der Waals surface area contributed by atoms with Crippen molar-refractivity contribution >= 4 is 23.4 Å². The number of hydrazone groups is 1. The smallest absolute Gasteiger partial charge is 0.453 e. The van der Waals surface area contributed by atoms with Crippen molar-refractivity contribution in [2.45, 2.75) is 64.9 Å². The van der Waals surface area contributed by atoms with Crippen LogP contribution in [0.15, 0.2) is 90.6 Å². The molecule has 0 aliphatic carbocycles. The molecule has 294 valence electrons. The second-order valence-electron chi connectivity index (χ2n) is 13.7. The lowest BCUT2D eigenvalue weighted by atomic mass is 9.87. The van der Waals surface area contributed by atoms with Crippen molar-refractivity contribution in [3.63, 3.8) is 0 Å². The minimum absolute atomic E-state index is 0.0313. The SMILES string of the molecule is C=C1N(c2ccc(N3CCN(c4ccc(OCC5COC(Cn6cnc(C(F)(F)F)n6)(c6ccc(F)cc6F)C5)cc4)CC3)cc2)C=NN1C(C)CC.CC. The van der Waals surface area contributed by atoms with E-state index in [0.717, 1.165) is 78.6 Å². The molecule has 7 rings (SSSR count). The summed E-state index contributed by atoms with van der Waals surface area (Å²) in [4.78, 5) is 10.1. The molecule has 0 radical (unpaired) electrons. The van der Waals surface area contributed by atoms with Crippen LogP contribution >= 0.6 is 0 Å². The summed E-state index contributed by atoms with van der Waals surface area (Å²) in [6, 6.07) is 19.7. The molecule has 15 heteroatoms. The van der Waals surface area contributed by atoms with Crippen LogP contribution in [0.5, 0.6) is 5.75 Å². The third-order valence-corrected chi connectivity index (χ3v) is 10.1. The molecule has 0 spiro atoms. The third-order valence-electron chi connectivity index (χ3n) is 10.1. The van der Waals surface area contributed by atoms with Gasteiger partial charge in [0.05, 0.1) is 25.8 Å². The van der Waals surface area contributed by atoms with E-state index in [1.807, 2.05) is 54.4 Å². The summed E-state index contributed by atoms with van der Waals surface area (Å²) >= 11 is 0. The van der Waals surface area contributed by atoms with Gasteiger partial charge in [0.1, 0.15) is 41.5 Å². The fourth-order valence-corrected chi connectivity index (χ4v) is 7.09. The van der Waals surface area contributed by atoms with Crippen LogP contribution in [0.2, 0.25) is 0 Å². The molecular formula is C40H47F5N8O2. The third kappa shape index (κ3) is 8.71. The first-order chi connectivity index (χ1) is 26.4. The van der Waals surface area contributed by atoms with E-state index in [2.05, 4.69) is 69.7 Å². The predicted octanol–water partition coefficient (Wildman–Crippen LogP) is 8.27. The topological polar surface area (TPSA) is 74.5 Å². The quantitative estimate of drug-likeness (QED) is 0.141. The molecule has 0 saturated carbocycles. The Morgan fingerprint density at radius 3 is 2.13 bits per heavy atom. The molecule has 2 saturated heterocycles. The lowest BCUT2D eigenvalue weighted by molar-refractivity contribution is -0.145. The van der Waals surface area contributed by atoms with Crippen molar-refractivity contribution < 1.29 is 31.4 Å². The molecule has 0 N–H and O–H groups in total. The Kier molecular flexibility index (Phi) is 12.0. The van der Waals surface area contributed by atoms with E-state index in [1.165, 1.54) is 6.07 Å². The molecule has 0 bridgehead atoms. The van der Waals surface area contributed by atoms with Crippen LogP contribution in [0.1, 0.15) is 51.9 Å².